The van der Waals surface area contributed by atoms with Crippen molar-refractivity contribution in [2.24, 2.45) is 0 Å². The standard InChI is InChI=1S/C11H16O3/c1-4-5-6-9-10(13-3)7-8(2)14-11(9)12/h7H,4-6H2,1-3H3. The van der Waals surface area contributed by atoms with Crippen molar-refractivity contribution in [3.05, 3.63) is 27.8 Å². The molecule has 1 rings (SSSR count). The van der Waals surface area contributed by atoms with Crippen LogP contribution in [-0.4, -0.2) is 7.11 Å². The van der Waals surface area contributed by atoms with Crippen molar-refractivity contribution in [2.75, 3.05) is 7.11 Å². The molecule has 3 heteroatoms. The minimum atomic E-state index is -0.268. The first-order chi connectivity index (χ1) is 6.69. The van der Waals surface area contributed by atoms with Gasteiger partial charge in [0.1, 0.15) is 11.5 Å². The first kappa shape index (κ1) is 10.8. The van der Waals surface area contributed by atoms with Crippen molar-refractivity contribution >= 4 is 0 Å². The molecule has 78 valence electrons. The predicted octanol–water partition coefficient (Wildman–Crippen LogP) is 2.30. The first-order valence-electron chi connectivity index (χ1n) is 4.86. The van der Waals surface area contributed by atoms with Crippen molar-refractivity contribution in [1.82, 2.24) is 0 Å². The van der Waals surface area contributed by atoms with Crippen molar-refractivity contribution in [3.63, 3.8) is 0 Å². The lowest BCUT2D eigenvalue weighted by Crippen LogP contribution is -2.10. The van der Waals surface area contributed by atoms with Crippen LogP contribution >= 0.6 is 0 Å². The second-order valence-electron chi connectivity index (χ2n) is 3.29. The summed E-state index contributed by atoms with van der Waals surface area (Å²) >= 11 is 0. The summed E-state index contributed by atoms with van der Waals surface area (Å²) in [5, 5.41) is 0. The van der Waals surface area contributed by atoms with E-state index in [-0.39, 0.29) is 5.63 Å². The number of hydrogen-bond acceptors (Lipinski definition) is 3. The Morgan fingerprint density at radius 3 is 2.79 bits per heavy atom. The van der Waals surface area contributed by atoms with Crippen LogP contribution in [0.5, 0.6) is 5.75 Å². The van der Waals surface area contributed by atoms with E-state index >= 15 is 0 Å². The normalized spacial score (nSPS) is 10.2. The Kier molecular flexibility index (Phi) is 3.74. The van der Waals surface area contributed by atoms with Gasteiger partial charge in [0.05, 0.1) is 12.7 Å². The topological polar surface area (TPSA) is 39.4 Å². The summed E-state index contributed by atoms with van der Waals surface area (Å²) in [5.74, 6) is 1.24. The predicted molar refractivity (Wildman–Crippen MR) is 54.9 cm³/mol. The van der Waals surface area contributed by atoms with Gasteiger partial charge in [-0.3, -0.25) is 0 Å². The number of hydrogen-bond donors (Lipinski definition) is 0. The third-order valence-corrected chi connectivity index (χ3v) is 2.13. The van der Waals surface area contributed by atoms with E-state index in [9.17, 15) is 4.79 Å². The van der Waals surface area contributed by atoms with E-state index in [1.807, 2.05) is 0 Å². The highest BCUT2D eigenvalue weighted by Gasteiger charge is 2.09. The third-order valence-electron chi connectivity index (χ3n) is 2.13. The van der Waals surface area contributed by atoms with E-state index in [2.05, 4.69) is 6.92 Å². The fraction of sp³-hybridized carbons (Fsp3) is 0.545. The molecule has 0 saturated carbocycles. The minimum Gasteiger partial charge on any atom is -0.496 e. The molecule has 0 spiro atoms. The Labute approximate surface area is 83.7 Å². The van der Waals surface area contributed by atoms with E-state index in [1.54, 1.807) is 20.1 Å². The zero-order valence-electron chi connectivity index (χ0n) is 8.92. The molecule has 0 atom stereocenters. The summed E-state index contributed by atoms with van der Waals surface area (Å²) in [6.07, 6.45) is 2.75. The highest BCUT2D eigenvalue weighted by Crippen LogP contribution is 2.17. The maximum absolute atomic E-state index is 11.5. The van der Waals surface area contributed by atoms with Gasteiger partial charge in [-0.15, -0.1) is 0 Å². The van der Waals surface area contributed by atoms with Crippen molar-refractivity contribution in [2.45, 2.75) is 33.1 Å². The average molecular weight is 196 g/mol. The van der Waals surface area contributed by atoms with Crippen LogP contribution in [0.1, 0.15) is 31.1 Å². The second-order valence-corrected chi connectivity index (χ2v) is 3.29. The molecule has 0 bridgehead atoms. The summed E-state index contributed by atoms with van der Waals surface area (Å²) < 4.78 is 10.2. The third kappa shape index (κ3) is 2.37. The zero-order chi connectivity index (χ0) is 10.6. The quantitative estimate of drug-likeness (QED) is 0.741. The molecule has 0 aromatic carbocycles. The summed E-state index contributed by atoms with van der Waals surface area (Å²) in [4.78, 5) is 11.5. The lowest BCUT2D eigenvalue weighted by atomic mass is 10.1. The van der Waals surface area contributed by atoms with Gasteiger partial charge in [0.2, 0.25) is 0 Å². The summed E-state index contributed by atoms with van der Waals surface area (Å²) in [5.41, 5.74) is 0.384. The minimum absolute atomic E-state index is 0.268. The van der Waals surface area contributed by atoms with Crippen LogP contribution in [0, 0.1) is 6.92 Å². The van der Waals surface area contributed by atoms with Crippen LogP contribution < -0.4 is 10.4 Å². The monoisotopic (exact) mass is 196 g/mol. The highest BCUT2D eigenvalue weighted by molar-refractivity contribution is 5.31. The van der Waals surface area contributed by atoms with Crippen molar-refractivity contribution in [3.8, 4) is 5.75 Å². The van der Waals surface area contributed by atoms with E-state index < -0.39 is 0 Å². The summed E-state index contributed by atoms with van der Waals surface area (Å²) in [7, 11) is 1.57. The van der Waals surface area contributed by atoms with Crippen molar-refractivity contribution in [1.29, 1.82) is 0 Å². The first-order valence-corrected chi connectivity index (χ1v) is 4.86. The molecule has 0 aliphatic carbocycles. The zero-order valence-corrected chi connectivity index (χ0v) is 8.92. The van der Waals surface area contributed by atoms with Gasteiger partial charge in [-0.25, -0.2) is 4.79 Å². The van der Waals surface area contributed by atoms with Crippen LogP contribution in [0.25, 0.3) is 0 Å². The van der Waals surface area contributed by atoms with E-state index in [0.717, 1.165) is 19.3 Å². The van der Waals surface area contributed by atoms with Crippen LogP contribution in [-0.2, 0) is 6.42 Å². The number of methoxy groups -OCH3 is 1. The largest absolute Gasteiger partial charge is 0.496 e. The van der Waals surface area contributed by atoms with E-state index in [0.29, 0.717) is 17.1 Å². The van der Waals surface area contributed by atoms with Gasteiger partial charge in [-0.1, -0.05) is 13.3 Å². The second kappa shape index (κ2) is 4.84. The summed E-state index contributed by atoms with van der Waals surface area (Å²) in [6.45, 7) is 3.83. The molecular formula is C11H16O3. The Morgan fingerprint density at radius 1 is 1.50 bits per heavy atom. The van der Waals surface area contributed by atoms with Gasteiger partial charge < -0.3 is 9.15 Å². The van der Waals surface area contributed by atoms with Gasteiger partial charge in [-0.05, 0) is 19.8 Å². The number of ether oxygens (including phenoxy) is 1. The molecule has 1 heterocycles. The van der Waals surface area contributed by atoms with E-state index in [1.165, 1.54) is 0 Å². The molecule has 1 aromatic rings. The Hall–Kier alpha value is -1.25. The van der Waals surface area contributed by atoms with Gasteiger partial charge in [0.15, 0.2) is 0 Å². The SMILES string of the molecule is CCCCc1c(OC)cc(C)oc1=O. The molecule has 0 N–H and O–H groups in total. The molecular weight excluding hydrogens is 180 g/mol. The fourth-order valence-corrected chi connectivity index (χ4v) is 1.37. The van der Waals surface area contributed by atoms with Gasteiger partial charge in [-0.2, -0.15) is 0 Å². The molecule has 0 unspecified atom stereocenters. The lowest BCUT2D eigenvalue weighted by Gasteiger charge is -2.06. The van der Waals surface area contributed by atoms with Gasteiger partial charge in [0.25, 0.3) is 0 Å². The van der Waals surface area contributed by atoms with Crippen molar-refractivity contribution < 1.29 is 9.15 Å². The maximum atomic E-state index is 11.5. The number of unbranched alkanes of at least 4 members (excludes halogenated alkanes) is 1. The van der Waals surface area contributed by atoms with Crippen LogP contribution in [0.2, 0.25) is 0 Å². The average Bonchev–Trinajstić information content (AvgIpc) is 2.15. The molecule has 0 radical (unpaired) electrons. The Balaban J connectivity index is 3.06. The molecule has 14 heavy (non-hydrogen) atoms. The lowest BCUT2D eigenvalue weighted by molar-refractivity contribution is 0.387. The molecule has 3 nitrogen and oxygen atoms in total. The van der Waals surface area contributed by atoms with Crippen LogP contribution in [0.15, 0.2) is 15.3 Å². The highest BCUT2D eigenvalue weighted by atomic mass is 16.5. The van der Waals surface area contributed by atoms with Gasteiger partial charge in [0, 0.05) is 6.07 Å². The van der Waals surface area contributed by atoms with Crippen LogP contribution in [0.4, 0.5) is 0 Å². The number of aryl methyl sites for hydroxylation is 1. The molecule has 0 aliphatic rings. The molecule has 0 amide bonds. The van der Waals surface area contributed by atoms with E-state index in [4.69, 9.17) is 9.15 Å². The Morgan fingerprint density at radius 2 is 2.21 bits per heavy atom. The molecule has 0 fully saturated rings. The maximum Gasteiger partial charge on any atom is 0.342 e. The van der Waals surface area contributed by atoms with Crippen LogP contribution in [0.3, 0.4) is 0 Å². The summed E-state index contributed by atoms with van der Waals surface area (Å²) in [6, 6.07) is 1.76. The molecule has 1 aromatic heterocycles. The smallest absolute Gasteiger partial charge is 0.342 e. The molecule has 0 aliphatic heterocycles. The number of rotatable bonds is 4. The van der Waals surface area contributed by atoms with Gasteiger partial charge >= 0.3 is 5.63 Å². The fourth-order valence-electron chi connectivity index (χ4n) is 1.37. The molecule has 0 saturated heterocycles. The Bertz CT molecular complexity index is 352.